The molecule has 0 saturated carbocycles. The van der Waals surface area contributed by atoms with E-state index >= 15 is 0 Å². The zero-order valence-corrected chi connectivity index (χ0v) is 8.62. The highest BCUT2D eigenvalue weighted by molar-refractivity contribution is 6.33. The topological polar surface area (TPSA) is 39.4 Å². The minimum Gasteiger partial charge on any atom is -0.497 e. The molecule has 2 radical (unpaired) electrons. The molecule has 5 heteroatoms. The molecule has 0 aliphatic carbocycles. The van der Waals surface area contributed by atoms with Gasteiger partial charge in [-0.2, -0.15) is 0 Å². The van der Waals surface area contributed by atoms with E-state index in [0.29, 0.717) is 11.1 Å². The van der Waals surface area contributed by atoms with E-state index in [1.165, 1.54) is 13.2 Å². The normalized spacial score (nSPS) is 10.6. The number of methoxy groups -OCH3 is 1. The highest BCUT2D eigenvalue weighted by Gasteiger charge is 2.10. The van der Waals surface area contributed by atoms with Crippen LogP contribution in [0.1, 0.15) is 5.76 Å². The van der Waals surface area contributed by atoms with E-state index in [2.05, 4.69) is 0 Å². The summed E-state index contributed by atoms with van der Waals surface area (Å²) in [6, 6.07) is 4.68. The predicted molar refractivity (Wildman–Crippen MR) is 59.2 cm³/mol. The fourth-order valence-corrected chi connectivity index (χ4v) is 1.46. The van der Waals surface area contributed by atoms with Crippen LogP contribution in [-0.2, 0) is 6.67 Å². The molecule has 0 amide bonds. The van der Waals surface area contributed by atoms with Crippen molar-refractivity contribution in [3.05, 3.63) is 34.2 Å². The predicted octanol–water partition coefficient (Wildman–Crippen LogP) is 1.06. The van der Waals surface area contributed by atoms with Crippen LogP contribution in [0.3, 0.4) is 0 Å². The van der Waals surface area contributed by atoms with Crippen molar-refractivity contribution < 1.29 is 13.5 Å². The van der Waals surface area contributed by atoms with E-state index < -0.39 is 12.1 Å². The number of fused-ring (bicyclic) bond motifs is 1. The van der Waals surface area contributed by atoms with Crippen molar-refractivity contribution in [2.45, 2.75) is 6.67 Å². The number of hydrogen-bond donors (Lipinski definition) is 0. The molecule has 0 saturated heterocycles. The molecule has 2 rings (SSSR count). The van der Waals surface area contributed by atoms with Gasteiger partial charge < -0.3 is 9.15 Å². The summed E-state index contributed by atoms with van der Waals surface area (Å²) in [7, 11) is 6.94. The maximum absolute atomic E-state index is 12.5. The number of alkyl halides is 1. The molecule has 0 atom stereocenters. The van der Waals surface area contributed by atoms with E-state index in [1.54, 1.807) is 12.1 Å². The Morgan fingerprint density at radius 2 is 2.25 bits per heavy atom. The molecule has 1 aromatic carbocycles. The van der Waals surface area contributed by atoms with Gasteiger partial charge >= 0.3 is 0 Å². The minimum atomic E-state index is -0.909. The number of hydrogen-bond acceptors (Lipinski definition) is 3. The lowest BCUT2D eigenvalue weighted by Crippen LogP contribution is -2.28. The fraction of sp³-hybridized carbons (Fsp3) is 0.182. The van der Waals surface area contributed by atoms with E-state index in [1.807, 2.05) is 0 Å². The summed E-state index contributed by atoms with van der Waals surface area (Å²) in [5.74, 6) is 0.385. The van der Waals surface area contributed by atoms with Gasteiger partial charge in [0.1, 0.15) is 31.6 Å². The van der Waals surface area contributed by atoms with Gasteiger partial charge in [0.25, 0.3) is 0 Å². The van der Waals surface area contributed by atoms with Crippen LogP contribution in [0.2, 0.25) is 0 Å². The zero-order chi connectivity index (χ0) is 11.7. The summed E-state index contributed by atoms with van der Waals surface area (Å²) in [4.78, 5) is 11.7. The second kappa shape index (κ2) is 4.00. The first-order chi connectivity index (χ1) is 7.67. The van der Waals surface area contributed by atoms with Gasteiger partial charge in [0.05, 0.1) is 12.5 Å². The van der Waals surface area contributed by atoms with Crippen molar-refractivity contribution in [1.29, 1.82) is 0 Å². The van der Waals surface area contributed by atoms with Gasteiger partial charge in [0, 0.05) is 6.07 Å². The van der Waals surface area contributed by atoms with E-state index in [-0.39, 0.29) is 16.8 Å². The lowest BCUT2D eigenvalue weighted by atomic mass is 9.93. The van der Waals surface area contributed by atoms with Crippen molar-refractivity contribution in [1.82, 2.24) is 0 Å². The molecular formula is C11H8BFO3. The second-order valence-electron chi connectivity index (χ2n) is 3.26. The third-order valence-electron chi connectivity index (χ3n) is 2.33. The van der Waals surface area contributed by atoms with Crippen molar-refractivity contribution in [3.63, 3.8) is 0 Å². The number of rotatable bonds is 2. The maximum Gasteiger partial charge on any atom is 0.185 e. The van der Waals surface area contributed by atoms with Crippen LogP contribution in [0.15, 0.2) is 27.4 Å². The maximum atomic E-state index is 12.5. The Morgan fingerprint density at radius 1 is 1.50 bits per heavy atom. The summed E-state index contributed by atoms with van der Waals surface area (Å²) in [5, 5.41) is 0.315. The smallest absolute Gasteiger partial charge is 0.185 e. The molecule has 16 heavy (non-hydrogen) atoms. The monoisotopic (exact) mass is 218 g/mol. The highest BCUT2D eigenvalue weighted by Crippen LogP contribution is 2.18. The zero-order valence-electron chi connectivity index (χ0n) is 8.62. The van der Waals surface area contributed by atoms with Crippen molar-refractivity contribution in [2.24, 2.45) is 0 Å². The Morgan fingerprint density at radius 3 is 2.88 bits per heavy atom. The largest absolute Gasteiger partial charge is 0.497 e. The first kappa shape index (κ1) is 10.7. The third-order valence-corrected chi connectivity index (χ3v) is 2.33. The second-order valence-corrected chi connectivity index (χ2v) is 3.26. The lowest BCUT2D eigenvalue weighted by Gasteiger charge is -2.05. The quantitative estimate of drug-likeness (QED) is 0.707. The molecule has 3 nitrogen and oxygen atoms in total. The van der Waals surface area contributed by atoms with Gasteiger partial charge in [-0.25, -0.2) is 4.39 Å². The molecule has 2 aromatic rings. The minimum absolute atomic E-state index is 0.147. The molecule has 0 unspecified atom stereocenters. The van der Waals surface area contributed by atoms with Crippen LogP contribution >= 0.6 is 0 Å². The fourth-order valence-electron chi connectivity index (χ4n) is 1.46. The van der Waals surface area contributed by atoms with Gasteiger partial charge in [-0.05, 0) is 17.6 Å². The van der Waals surface area contributed by atoms with E-state index in [0.717, 1.165) is 0 Å². The van der Waals surface area contributed by atoms with Gasteiger partial charge in [-0.1, -0.05) is 0 Å². The Kier molecular flexibility index (Phi) is 2.68. The molecule has 0 spiro atoms. The van der Waals surface area contributed by atoms with Gasteiger partial charge in [-0.3, -0.25) is 4.79 Å². The Balaban J connectivity index is 2.82. The van der Waals surface area contributed by atoms with Crippen LogP contribution in [0.25, 0.3) is 11.0 Å². The number of halogens is 1. The molecule has 0 aliphatic rings. The van der Waals surface area contributed by atoms with Gasteiger partial charge in [0.15, 0.2) is 5.43 Å². The Hall–Kier alpha value is -1.78. The van der Waals surface area contributed by atoms with Crippen LogP contribution in [0, 0.1) is 0 Å². The average molecular weight is 218 g/mol. The lowest BCUT2D eigenvalue weighted by molar-refractivity contribution is 0.400. The standard InChI is InChI=1S/C11H8BFO3/c1-15-6-2-3-7-8(4-6)16-9(5-13)10(12)11(7)14/h2-4H,5H2,1H3. The molecule has 0 N–H and O–H groups in total. The van der Waals surface area contributed by atoms with Crippen molar-refractivity contribution in [2.75, 3.05) is 7.11 Å². The molecule has 1 aromatic heterocycles. The number of ether oxygens (including phenoxy) is 1. The summed E-state index contributed by atoms with van der Waals surface area (Å²) in [6.45, 7) is -0.909. The van der Waals surface area contributed by atoms with Crippen LogP contribution in [-0.4, -0.2) is 15.0 Å². The first-order valence-electron chi connectivity index (χ1n) is 4.62. The molecular weight excluding hydrogens is 210 g/mol. The summed E-state index contributed by atoms with van der Waals surface area (Å²) < 4.78 is 22.7. The Bertz CT molecular complexity index is 592. The van der Waals surface area contributed by atoms with Crippen LogP contribution < -0.4 is 15.6 Å². The highest BCUT2D eigenvalue weighted by atomic mass is 19.1. The van der Waals surface area contributed by atoms with E-state index in [9.17, 15) is 9.18 Å². The molecule has 0 fully saturated rings. The number of benzene rings is 1. The SMILES string of the molecule is [B]c1c(CF)oc2cc(OC)ccc2c1=O. The van der Waals surface area contributed by atoms with E-state index in [4.69, 9.17) is 17.0 Å². The van der Waals surface area contributed by atoms with Crippen molar-refractivity contribution in [3.8, 4) is 5.75 Å². The molecule has 0 bridgehead atoms. The molecule has 80 valence electrons. The summed E-state index contributed by atoms with van der Waals surface area (Å²) in [5.41, 5.74) is -0.331. The van der Waals surface area contributed by atoms with Crippen LogP contribution in [0.5, 0.6) is 5.75 Å². The van der Waals surface area contributed by atoms with Crippen LogP contribution in [0.4, 0.5) is 4.39 Å². The summed E-state index contributed by atoms with van der Waals surface area (Å²) in [6.07, 6.45) is 0. The third kappa shape index (κ3) is 1.58. The Labute approximate surface area is 92.2 Å². The van der Waals surface area contributed by atoms with Crippen molar-refractivity contribution >= 4 is 24.3 Å². The molecule has 1 heterocycles. The summed E-state index contributed by atoms with van der Waals surface area (Å²) >= 11 is 0. The van der Waals surface area contributed by atoms with Gasteiger partial charge in [-0.15, -0.1) is 0 Å². The molecule has 0 aliphatic heterocycles. The first-order valence-corrected chi connectivity index (χ1v) is 4.62. The average Bonchev–Trinajstić information content (AvgIpc) is 2.33. The van der Waals surface area contributed by atoms with Gasteiger partial charge in [0.2, 0.25) is 0 Å².